The van der Waals surface area contributed by atoms with Crippen molar-refractivity contribution in [3.63, 3.8) is 0 Å². The number of carbonyl (C=O) groups excluding carboxylic acids is 1. The monoisotopic (exact) mass is 311 g/mol. The number of likely N-dealkylation sites (tertiary alicyclic amines) is 1. The van der Waals surface area contributed by atoms with Crippen molar-refractivity contribution in [3.8, 4) is 11.1 Å². The summed E-state index contributed by atoms with van der Waals surface area (Å²) in [4.78, 5) is 18.0. The van der Waals surface area contributed by atoms with Gasteiger partial charge in [0.15, 0.2) is 0 Å². The number of amides is 2. The van der Waals surface area contributed by atoms with E-state index in [-0.39, 0.29) is 18.7 Å². The summed E-state index contributed by atoms with van der Waals surface area (Å²) in [5.74, 6) is 0. The fourth-order valence-corrected chi connectivity index (χ4v) is 2.92. The zero-order valence-electron chi connectivity index (χ0n) is 13.0. The summed E-state index contributed by atoms with van der Waals surface area (Å²) in [6, 6.07) is 11.9. The van der Waals surface area contributed by atoms with Gasteiger partial charge in [-0.2, -0.15) is 0 Å². The van der Waals surface area contributed by atoms with Crippen LogP contribution in [-0.4, -0.2) is 40.2 Å². The number of hydrogen-bond donors (Lipinski definition) is 2. The molecular weight excluding hydrogens is 290 g/mol. The van der Waals surface area contributed by atoms with E-state index in [1.54, 1.807) is 11.1 Å². The number of benzene rings is 1. The van der Waals surface area contributed by atoms with Gasteiger partial charge in [0.2, 0.25) is 0 Å². The van der Waals surface area contributed by atoms with Crippen LogP contribution in [0.25, 0.3) is 11.1 Å². The Hall–Kier alpha value is -2.40. The van der Waals surface area contributed by atoms with E-state index in [1.807, 2.05) is 42.6 Å². The molecule has 1 aromatic heterocycles. The van der Waals surface area contributed by atoms with Crippen molar-refractivity contribution in [3.05, 3.63) is 54.4 Å². The van der Waals surface area contributed by atoms with Crippen LogP contribution in [0, 0.1) is 0 Å². The highest BCUT2D eigenvalue weighted by molar-refractivity contribution is 5.75. The number of aliphatic hydroxyl groups excluding tert-OH is 1. The van der Waals surface area contributed by atoms with E-state index in [2.05, 4.69) is 10.3 Å². The van der Waals surface area contributed by atoms with Crippen LogP contribution in [0.3, 0.4) is 0 Å². The second kappa shape index (κ2) is 7.24. The lowest BCUT2D eigenvalue weighted by Gasteiger charge is -2.23. The van der Waals surface area contributed by atoms with E-state index >= 15 is 0 Å². The van der Waals surface area contributed by atoms with Crippen LogP contribution in [-0.2, 0) is 6.54 Å². The molecular formula is C18H21N3O2. The third-order valence-corrected chi connectivity index (χ3v) is 4.24. The molecule has 0 unspecified atom stereocenters. The average Bonchev–Trinajstić information content (AvgIpc) is 3.10. The molecule has 120 valence electrons. The predicted octanol–water partition coefficient (Wildman–Crippen LogP) is 2.41. The van der Waals surface area contributed by atoms with Crippen molar-refractivity contribution in [2.75, 3.05) is 13.2 Å². The maximum atomic E-state index is 12.2. The lowest BCUT2D eigenvalue weighted by molar-refractivity contribution is 0.157. The van der Waals surface area contributed by atoms with Gasteiger partial charge in [-0.1, -0.05) is 30.3 Å². The number of pyridine rings is 1. The minimum Gasteiger partial charge on any atom is -0.394 e. The Labute approximate surface area is 136 Å². The van der Waals surface area contributed by atoms with Crippen LogP contribution in [0.4, 0.5) is 4.79 Å². The van der Waals surface area contributed by atoms with Crippen LogP contribution in [0.2, 0.25) is 0 Å². The van der Waals surface area contributed by atoms with Gasteiger partial charge in [0.05, 0.1) is 12.6 Å². The second-order valence-corrected chi connectivity index (χ2v) is 5.77. The smallest absolute Gasteiger partial charge is 0.317 e. The molecule has 1 fully saturated rings. The van der Waals surface area contributed by atoms with E-state index in [9.17, 15) is 9.90 Å². The number of aliphatic hydroxyl groups is 1. The Morgan fingerprint density at radius 1 is 1.26 bits per heavy atom. The molecule has 5 heteroatoms. The lowest BCUT2D eigenvalue weighted by atomic mass is 10.1. The molecule has 3 rings (SSSR count). The first-order valence-electron chi connectivity index (χ1n) is 7.92. The van der Waals surface area contributed by atoms with Crippen molar-refractivity contribution < 1.29 is 9.90 Å². The van der Waals surface area contributed by atoms with E-state index in [0.717, 1.165) is 36.1 Å². The molecule has 2 heterocycles. The van der Waals surface area contributed by atoms with Gasteiger partial charge in [-0.05, 0) is 35.6 Å². The Balaban J connectivity index is 1.57. The molecule has 5 nitrogen and oxygen atoms in total. The topological polar surface area (TPSA) is 65.5 Å². The van der Waals surface area contributed by atoms with E-state index < -0.39 is 0 Å². The quantitative estimate of drug-likeness (QED) is 0.911. The molecule has 1 aromatic carbocycles. The van der Waals surface area contributed by atoms with Gasteiger partial charge in [-0.3, -0.25) is 4.98 Å². The SMILES string of the molecule is O=C(NCc1ccc(-c2cccnc2)cc1)N1CCC[C@@H]1CO. The van der Waals surface area contributed by atoms with Crippen LogP contribution >= 0.6 is 0 Å². The standard InChI is InChI=1S/C18H21N3O2/c22-13-17-4-2-10-21(17)18(23)20-11-14-5-7-15(8-6-14)16-3-1-9-19-12-16/h1,3,5-9,12,17,22H,2,4,10-11,13H2,(H,20,23)/t17-/m1/s1. The Morgan fingerprint density at radius 3 is 2.78 bits per heavy atom. The number of carbonyl (C=O) groups is 1. The van der Waals surface area contributed by atoms with Gasteiger partial charge in [-0.25, -0.2) is 4.79 Å². The van der Waals surface area contributed by atoms with Gasteiger partial charge in [-0.15, -0.1) is 0 Å². The van der Waals surface area contributed by atoms with Crippen molar-refractivity contribution in [2.45, 2.75) is 25.4 Å². The molecule has 1 aliphatic rings. The number of hydrogen-bond acceptors (Lipinski definition) is 3. The highest BCUT2D eigenvalue weighted by Crippen LogP contribution is 2.19. The van der Waals surface area contributed by atoms with Crippen molar-refractivity contribution in [1.29, 1.82) is 0 Å². The molecule has 2 N–H and O–H groups in total. The average molecular weight is 311 g/mol. The number of nitrogens with zero attached hydrogens (tertiary/aromatic N) is 2. The molecule has 2 amide bonds. The highest BCUT2D eigenvalue weighted by Gasteiger charge is 2.27. The maximum Gasteiger partial charge on any atom is 0.317 e. The minimum atomic E-state index is -0.0992. The first-order chi connectivity index (χ1) is 11.3. The molecule has 1 atom stereocenters. The highest BCUT2D eigenvalue weighted by atomic mass is 16.3. The molecule has 0 radical (unpaired) electrons. The molecule has 0 aliphatic carbocycles. The first-order valence-corrected chi connectivity index (χ1v) is 7.92. The summed E-state index contributed by atoms with van der Waals surface area (Å²) < 4.78 is 0. The predicted molar refractivity (Wildman–Crippen MR) is 88.7 cm³/mol. The molecule has 1 saturated heterocycles. The molecule has 0 bridgehead atoms. The van der Waals surface area contributed by atoms with Gasteiger partial charge < -0.3 is 15.3 Å². The third-order valence-electron chi connectivity index (χ3n) is 4.24. The van der Waals surface area contributed by atoms with Gasteiger partial charge in [0, 0.05) is 25.5 Å². The summed E-state index contributed by atoms with van der Waals surface area (Å²) >= 11 is 0. The summed E-state index contributed by atoms with van der Waals surface area (Å²) in [6.07, 6.45) is 5.42. The fraction of sp³-hybridized carbons (Fsp3) is 0.333. The zero-order valence-corrected chi connectivity index (χ0v) is 13.0. The van der Waals surface area contributed by atoms with E-state index in [1.165, 1.54) is 0 Å². The zero-order chi connectivity index (χ0) is 16.1. The van der Waals surface area contributed by atoms with Crippen molar-refractivity contribution >= 4 is 6.03 Å². The molecule has 23 heavy (non-hydrogen) atoms. The minimum absolute atomic E-state index is 0.0349. The fourth-order valence-electron chi connectivity index (χ4n) is 2.92. The summed E-state index contributed by atoms with van der Waals surface area (Å²) in [7, 11) is 0. The Kier molecular flexibility index (Phi) is 4.88. The first kappa shape index (κ1) is 15.5. The number of nitrogens with one attached hydrogen (secondary N) is 1. The largest absolute Gasteiger partial charge is 0.394 e. The Bertz CT molecular complexity index is 643. The molecule has 0 saturated carbocycles. The summed E-state index contributed by atoms with van der Waals surface area (Å²) in [5, 5.41) is 12.2. The molecule has 1 aliphatic heterocycles. The van der Waals surface area contributed by atoms with E-state index in [0.29, 0.717) is 6.54 Å². The van der Waals surface area contributed by atoms with Gasteiger partial charge >= 0.3 is 6.03 Å². The summed E-state index contributed by atoms with van der Waals surface area (Å²) in [5.41, 5.74) is 3.23. The van der Waals surface area contributed by atoms with Gasteiger partial charge in [0.25, 0.3) is 0 Å². The number of urea groups is 1. The third kappa shape index (κ3) is 3.68. The Morgan fingerprint density at radius 2 is 2.09 bits per heavy atom. The second-order valence-electron chi connectivity index (χ2n) is 5.77. The van der Waals surface area contributed by atoms with Crippen LogP contribution in [0.1, 0.15) is 18.4 Å². The van der Waals surface area contributed by atoms with Crippen molar-refractivity contribution in [1.82, 2.24) is 15.2 Å². The molecule has 0 spiro atoms. The number of rotatable bonds is 4. The lowest BCUT2D eigenvalue weighted by Crippen LogP contribution is -2.43. The van der Waals surface area contributed by atoms with Crippen molar-refractivity contribution in [2.24, 2.45) is 0 Å². The van der Waals surface area contributed by atoms with Gasteiger partial charge in [0.1, 0.15) is 0 Å². The van der Waals surface area contributed by atoms with Crippen LogP contribution in [0.5, 0.6) is 0 Å². The molecule has 2 aromatic rings. The normalized spacial score (nSPS) is 17.3. The summed E-state index contributed by atoms with van der Waals surface area (Å²) in [6.45, 7) is 1.24. The van der Waals surface area contributed by atoms with E-state index in [4.69, 9.17) is 0 Å². The maximum absolute atomic E-state index is 12.2. The van der Waals surface area contributed by atoms with Crippen LogP contribution < -0.4 is 5.32 Å². The number of aromatic nitrogens is 1. The van der Waals surface area contributed by atoms with Crippen LogP contribution in [0.15, 0.2) is 48.8 Å².